The van der Waals surface area contributed by atoms with Crippen molar-refractivity contribution in [1.82, 2.24) is 4.40 Å². The van der Waals surface area contributed by atoms with Crippen molar-refractivity contribution in [3.05, 3.63) is 71.4 Å². The minimum atomic E-state index is 0.247. The first-order valence-electron chi connectivity index (χ1n) is 11.2. The summed E-state index contributed by atoms with van der Waals surface area (Å²) >= 11 is 0. The van der Waals surface area contributed by atoms with Gasteiger partial charge in [0.15, 0.2) is 6.20 Å². The second-order valence-corrected chi connectivity index (χ2v) is 10.5. The van der Waals surface area contributed by atoms with E-state index in [1.54, 1.807) is 0 Å². The maximum absolute atomic E-state index is 2.54. The van der Waals surface area contributed by atoms with Crippen LogP contribution in [0.15, 0.2) is 54.7 Å². The van der Waals surface area contributed by atoms with E-state index in [-0.39, 0.29) is 5.41 Å². The second kappa shape index (κ2) is 5.97. The number of hydrogen-bond acceptors (Lipinski definition) is 0. The molecule has 6 aromatic rings. The summed E-state index contributed by atoms with van der Waals surface area (Å²) in [6.07, 6.45) is 3.29. The quantitative estimate of drug-likeness (QED) is 0.158. The number of benzene rings is 3. The van der Waals surface area contributed by atoms with Crippen molar-refractivity contribution < 1.29 is 4.57 Å². The van der Waals surface area contributed by atoms with Gasteiger partial charge in [-0.15, -0.1) is 0 Å². The van der Waals surface area contributed by atoms with Gasteiger partial charge in [-0.1, -0.05) is 45.0 Å². The topological polar surface area (TPSA) is 8.29 Å². The molecule has 0 saturated heterocycles. The average molecular weight is 406 g/mol. The van der Waals surface area contributed by atoms with Crippen molar-refractivity contribution in [1.29, 1.82) is 0 Å². The van der Waals surface area contributed by atoms with Gasteiger partial charge in [0.2, 0.25) is 5.52 Å². The molecular weight excluding hydrogens is 376 g/mol. The fourth-order valence-corrected chi connectivity index (χ4v) is 5.63. The number of aryl methyl sites for hydroxylation is 3. The third-order valence-electron chi connectivity index (χ3n) is 6.97. The molecule has 0 aliphatic carbocycles. The van der Waals surface area contributed by atoms with E-state index >= 15 is 0 Å². The first kappa shape index (κ1) is 18.6. The van der Waals surface area contributed by atoms with Crippen LogP contribution >= 0.6 is 0 Å². The molecule has 3 heterocycles. The maximum atomic E-state index is 2.54. The summed E-state index contributed by atoms with van der Waals surface area (Å²) in [4.78, 5) is 0. The number of para-hydroxylation sites is 1. The SMILES string of the molecule is Cc1cc2c3ccccc3n3c4cc(CC(C)(C)C)cc5cc[n+](C)c(c(c1C)c23)c54. The highest BCUT2D eigenvalue weighted by Gasteiger charge is 2.25. The lowest BCUT2D eigenvalue weighted by atomic mass is 9.87. The Morgan fingerprint density at radius 1 is 0.871 bits per heavy atom. The van der Waals surface area contributed by atoms with Crippen molar-refractivity contribution in [2.75, 3.05) is 0 Å². The van der Waals surface area contributed by atoms with E-state index in [2.05, 4.69) is 105 Å². The maximum Gasteiger partial charge on any atom is 0.224 e. The van der Waals surface area contributed by atoms with Gasteiger partial charge < -0.3 is 4.40 Å². The molecule has 0 unspecified atom stereocenters. The fourth-order valence-electron chi connectivity index (χ4n) is 5.63. The largest absolute Gasteiger partial charge is 0.307 e. The summed E-state index contributed by atoms with van der Waals surface area (Å²) < 4.78 is 4.85. The third kappa shape index (κ3) is 2.48. The van der Waals surface area contributed by atoms with Gasteiger partial charge in [-0.3, -0.25) is 0 Å². The van der Waals surface area contributed by atoms with Gasteiger partial charge in [0, 0.05) is 16.8 Å². The molecule has 0 aliphatic rings. The van der Waals surface area contributed by atoms with Crippen molar-refractivity contribution >= 4 is 49.0 Å². The molecule has 0 fully saturated rings. The molecule has 31 heavy (non-hydrogen) atoms. The molecular formula is C29H29N2+. The van der Waals surface area contributed by atoms with Crippen LogP contribution in [-0.4, -0.2) is 4.40 Å². The minimum absolute atomic E-state index is 0.247. The lowest BCUT2D eigenvalue weighted by Crippen LogP contribution is -2.29. The minimum Gasteiger partial charge on any atom is -0.307 e. The van der Waals surface area contributed by atoms with E-state index in [4.69, 9.17) is 0 Å². The van der Waals surface area contributed by atoms with Crippen LogP contribution in [0.5, 0.6) is 0 Å². The number of hydrogen-bond donors (Lipinski definition) is 0. The lowest BCUT2D eigenvalue weighted by molar-refractivity contribution is -0.643. The van der Waals surface area contributed by atoms with Crippen LogP contribution in [0, 0.1) is 19.3 Å². The van der Waals surface area contributed by atoms with E-state index in [9.17, 15) is 0 Å². The molecule has 2 heteroatoms. The van der Waals surface area contributed by atoms with Crippen LogP contribution in [0.4, 0.5) is 0 Å². The van der Waals surface area contributed by atoms with Crippen LogP contribution in [0.25, 0.3) is 49.0 Å². The van der Waals surface area contributed by atoms with Gasteiger partial charge in [-0.25, -0.2) is 4.57 Å². The Hall–Kier alpha value is -3.13. The normalized spacial score (nSPS) is 13.0. The zero-order valence-corrected chi connectivity index (χ0v) is 19.3. The van der Waals surface area contributed by atoms with Gasteiger partial charge >= 0.3 is 0 Å². The van der Waals surface area contributed by atoms with Crippen LogP contribution in [0.3, 0.4) is 0 Å². The zero-order valence-electron chi connectivity index (χ0n) is 19.3. The Balaban J connectivity index is 1.99. The Bertz CT molecular complexity index is 1660. The Kier molecular flexibility index (Phi) is 3.59. The first-order chi connectivity index (χ1) is 14.7. The average Bonchev–Trinajstić information content (AvgIpc) is 3.03. The Labute approximate surface area is 183 Å². The van der Waals surface area contributed by atoms with Gasteiger partial charge in [-0.05, 0) is 66.0 Å². The molecule has 0 amide bonds. The van der Waals surface area contributed by atoms with Gasteiger partial charge in [0.1, 0.15) is 7.05 Å². The molecule has 3 aromatic carbocycles. The number of pyridine rings is 2. The summed E-state index contributed by atoms with van der Waals surface area (Å²) in [6.45, 7) is 11.5. The van der Waals surface area contributed by atoms with E-state index in [1.807, 2.05) is 0 Å². The Morgan fingerprint density at radius 3 is 2.42 bits per heavy atom. The first-order valence-corrected chi connectivity index (χ1v) is 11.2. The highest BCUT2D eigenvalue weighted by atomic mass is 15.0. The van der Waals surface area contributed by atoms with E-state index in [1.165, 1.54) is 65.7 Å². The molecule has 0 aliphatic heterocycles. The van der Waals surface area contributed by atoms with Gasteiger partial charge in [0.25, 0.3) is 0 Å². The number of fused-ring (bicyclic) bond motifs is 5. The smallest absolute Gasteiger partial charge is 0.224 e. The second-order valence-electron chi connectivity index (χ2n) is 10.5. The molecule has 0 radical (unpaired) electrons. The van der Waals surface area contributed by atoms with Gasteiger partial charge in [-0.2, -0.15) is 0 Å². The zero-order chi connectivity index (χ0) is 21.7. The standard InChI is InChI=1S/C29H29N2/c1-17-13-22-21-9-7-8-10-23(21)31-24-15-19(16-29(3,4)5)14-20-11-12-30(6)28(26(20)24)25(18(17)2)27(22)31/h7-15H,16H2,1-6H3/q+1. The van der Waals surface area contributed by atoms with Crippen molar-refractivity contribution in [3.8, 4) is 0 Å². The molecule has 154 valence electrons. The summed E-state index contributed by atoms with van der Waals surface area (Å²) in [5.41, 5.74) is 9.72. The fraction of sp³-hybridized carbons (Fsp3) is 0.276. The van der Waals surface area contributed by atoms with Crippen molar-refractivity contribution in [2.24, 2.45) is 12.5 Å². The van der Waals surface area contributed by atoms with Crippen LogP contribution in [-0.2, 0) is 13.5 Å². The van der Waals surface area contributed by atoms with Crippen LogP contribution < -0.4 is 4.57 Å². The van der Waals surface area contributed by atoms with E-state index in [0.29, 0.717) is 0 Å². The van der Waals surface area contributed by atoms with E-state index in [0.717, 1.165) is 6.42 Å². The molecule has 0 bridgehead atoms. The predicted molar refractivity (Wildman–Crippen MR) is 132 cm³/mol. The predicted octanol–water partition coefficient (Wildman–Crippen LogP) is 7.02. The molecule has 0 saturated carbocycles. The molecule has 6 rings (SSSR count). The highest BCUT2D eigenvalue weighted by molar-refractivity contribution is 6.26. The number of aromatic nitrogens is 2. The molecule has 2 nitrogen and oxygen atoms in total. The third-order valence-corrected chi connectivity index (χ3v) is 6.97. The monoisotopic (exact) mass is 405 g/mol. The van der Waals surface area contributed by atoms with Crippen molar-refractivity contribution in [2.45, 2.75) is 41.0 Å². The highest BCUT2D eigenvalue weighted by Crippen LogP contribution is 2.42. The van der Waals surface area contributed by atoms with Gasteiger partial charge in [0.05, 0.1) is 27.3 Å². The number of rotatable bonds is 1. The van der Waals surface area contributed by atoms with Crippen molar-refractivity contribution in [3.63, 3.8) is 0 Å². The Morgan fingerprint density at radius 2 is 1.65 bits per heavy atom. The lowest BCUT2D eigenvalue weighted by Gasteiger charge is -2.20. The summed E-state index contributed by atoms with van der Waals surface area (Å²) in [5.74, 6) is 0. The molecule has 3 aromatic heterocycles. The summed E-state index contributed by atoms with van der Waals surface area (Å²) in [6, 6.07) is 18.4. The molecule has 0 spiro atoms. The van der Waals surface area contributed by atoms with Crippen LogP contribution in [0.1, 0.15) is 37.5 Å². The molecule has 0 atom stereocenters. The summed E-state index contributed by atoms with van der Waals surface area (Å²) in [5, 5.41) is 6.79. The molecule has 0 N–H and O–H groups in total. The summed E-state index contributed by atoms with van der Waals surface area (Å²) in [7, 11) is 2.19. The van der Waals surface area contributed by atoms with E-state index < -0.39 is 0 Å². The number of nitrogens with zero attached hydrogens (tertiary/aromatic N) is 2. The van der Waals surface area contributed by atoms with Crippen LogP contribution in [0.2, 0.25) is 0 Å².